The number of nitrogens with one attached hydrogen (secondary N) is 2. The van der Waals surface area contributed by atoms with Crippen molar-refractivity contribution in [3.8, 4) is 5.75 Å². The molecular weight excluding hydrogens is 394 g/mol. The van der Waals surface area contributed by atoms with Gasteiger partial charge in [0.2, 0.25) is 11.8 Å². The molecule has 1 saturated heterocycles. The highest BCUT2D eigenvalue weighted by Gasteiger charge is 2.37. The second-order valence-corrected chi connectivity index (χ2v) is 6.96. The number of carbonyl (C=O) groups excluding carboxylic acids is 4. The molecule has 3 amide bonds. The lowest BCUT2D eigenvalue weighted by Crippen LogP contribution is -2.54. The number of carboxylic acids is 1. The van der Waals surface area contributed by atoms with E-state index < -0.39 is 48.2 Å². The maximum absolute atomic E-state index is 12.8. The number of carboxylic acid groups (broad SMARTS) is 1. The van der Waals surface area contributed by atoms with Gasteiger partial charge < -0.3 is 30.2 Å². The molecule has 10 heteroatoms. The molecule has 10 nitrogen and oxygen atoms in total. The van der Waals surface area contributed by atoms with Crippen molar-refractivity contribution in [1.29, 1.82) is 0 Å². The molecule has 1 fully saturated rings. The smallest absolute Gasteiger partial charge is 0.305 e. The Labute approximate surface area is 173 Å². The summed E-state index contributed by atoms with van der Waals surface area (Å²) in [5.74, 6) is -2.09. The predicted molar refractivity (Wildman–Crippen MR) is 105 cm³/mol. The summed E-state index contributed by atoms with van der Waals surface area (Å²) in [7, 11) is 1.51. The van der Waals surface area contributed by atoms with E-state index in [1.807, 2.05) is 0 Å². The number of ether oxygens (including phenoxy) is 1. The molecule has 162 valence electrons. The van der Waals surface area contributed by atoms with Gasteiger partial charge in [0.25, 0.3) is 5.91 Å². The van der Waals surface area contributed by atoms with Crippen LogP contribution in [0.25, 0.3) is 0 Å². The van der Waals surface area contributed by atoms with Gasteiger partial charge in [-0.05, 0) is 44.0 Å². The van der Waals surface area contributed by atoms with Crippen LogP contribution in [0.3, 0.4) is 0 Å². The number of aldehydes is 1. The maximum atomic E-state index is 12.8. The molecule has 3 N–H and O–H groups in total. The average molecular weight is 419 g/mol. The summed E-state index contributed by atoms with van der Waals surface area (Å²) in [4.78, 5) is 60.8. The van der Waals surface area contributed by atoms with Crippen molar-refractivity contribution in [1.82, 2.24) is 15.5 Å². The Bertz CT molecular complexity index is 809. The zero-order valence-corrected chi connectivity index (χ0v) is 16.8. The molecule has 0 aliphatic carbocycles. The first-order chi connectivity index (χ1) is 14.3. The molecular formula is C20H25N3O7. The third-order valence-corrected chi connectivity index (χ3v) is 4.80. The van der Waals surface area contributed by atoms with Crippen LogP contribution >= 0.6 is 0 Å². The van der Waals surface area contributed by atoms with E-state index in [0.29, 0.717) is 37.0 Å². The molecule has 2 rings (SSSR count). The van der Waals surface area contributed by atoms with Crippen LogP contribution in [-0.2, 0) is 19.2 Å². The summed E-state index contributed by atoms with van der Waals surface area (Å²) in [5, 5.41) is 13.8. The number of benzene rings is 1. The van der Waals surface area contributed by atoms with E-state index in [-0.39, 0.29) is 0 Å². The molecule has 1 aromatic carbocycles. The second kappa shape index (κ2) is 10.4. The first kappa shape index (κ1) is 22.9. The molecule has 0 aromatic heterocycles. The summed E-state index contributed by atoms with van der Waals surface area (Å²) in [5.41, 5.74) is 0.355. The number of nitrogens with zero attached hydrogens (tertiary/aromatic N) is 1. The highest BCUT2D eigenvalue weighted by Crippen LogP contribution is 2.19. The van der Waals surface area contributed by atoms with Crippen molar-refractivity contribution >= 4 is 30.0 Å². The Balaban J connectivity index is 1.99. The van der Waals surface area contributed by atoms with Crippen LogP contribution in [0.4, 0.5) is 0 Å². The fourth-order valence-electron chi connectivity index (χ4n) is 3.24. The van der Waals surface area contributed by atoms with E-state index in [0.717, 1.165) is 0 Å². The van der Waals surface area contributed by atoms with E-state index in [9.17, 15) is 24.0 Å². The Hall–Kier alpha value is -3.43. The number of hydrogen-bond acceptors (Lipinski definition) is 6. The third kappa shape index (κ3) is 5.79. The number of aliphatic carboxylic acids is 1. The number of carbonyl (C=O) groups is 5. The minimum Gasteiger partial charge on any atom is -0.497 e. The third-order valence-electron chi connectivity index (χ3n) is 4.80. The summed E-state index contributed by atoms with van der Waals surface area (Å²) < 4.78 is 5.04. The second-order valence-electron chi connectivity index (χ2n) is 6.96. The van der Waals surface area contributed by atoms with E-state index in [1.54, 1.807) is 24.3 Å². The Morgan fingerprint density at radius 2 is 1.90 bits per heavy atom. The van der Waals surface area contributed by atoms with Gasteiger partial charge in [-0.1, -0.05) is 0 Å². The molecule has 0 saturated carbocycles. The minimum absolute atomic E-state index is 0.324. The van der Waals surface area contributed by atoms with Gasteiger partial charge in [0.05, 0.1) is 19.6 Å². The SMILES string of the molecule is COc1ccc(C(=O)NC(C)C(=O)N2CCC[C@H]2C(=O)NC(C=O)CC(=O)O)cc1. The zero-order chi connectivity index (χ0) is 22.3. The number of methoxy groups -OCH3 is 1. The van der Waals surface area contributed by atoms with E-state index in [2.05, 4.69) is 10.6 Å². The average Bonchev–Trinajstić information content (AvgIpc) is 3.22. The standard InChI is InChI=1S/C20H25N3O7/c1-12(21-18(27)13-5-7-15(30-2)8-6-13)20(29)23-9-3-4-16(23)19(28)22-14(11-24)10-17(25)26/h5-8,11-12,14,16H,3-4,9-10H2,1-2H3,(H,21,27)(H,22,28)(H,25,26)/t12?,14?,16-/m0/s1. The van der Waals surface area contributed by atoms with E-state index in [4.69, 9.17) is 9.84 Å². The lowest BCUT2D eigenvalue weighted by Gasteiger charge is -2.27. The molecule has 2 unspecified atom stereocenters. The van der Waals surface area contributed by atoms with Crippen LogP contribution in [0, 0.1) is 0 Å². The number of amides is 3. The van der Waals surface area contributed by atoms with Crippen LogP contribution in [0.1, 0.15) is 36.5 Å². The molecule has 0 spiro atoms. The van der Waals surface area contributed by atoms with Crippen LogP contribution < -0.4 is 15.4 Å². The van der Waals surface area contributed by atoms with Gasteiger partial charge in [-0.25, -0.2) is 0 Å². The van der Waals surface area contributed by atoms with Crippen molar-refractivity contribution in [3.63, 3.8) is 0 Å². The molecule has 1 aliphatic heterocycles. The molecule has 0 bridgehead atoms. The summed E-state index contributed by atoms with van der Waals surface area (Å²) in [6.07, 6.45) is 0.776. The van der Waals surface area contributed by atoms with Gasteiger partial charge in [-0.3, -0.25) is 19.2 Å². The zero-order valence-electron chi connectivity index (χ0n) is 16.8. The number of hydrogen-bond donors (Lipinski definition) is 3. The first-order valence-electron chi connectivity index (χ1n) is 9.49. The molecule has 30 heavy (non-hydrogen) atoms. The van der Waals surface area contributed by atoms with Crippen molar-refractivity contribution in [2.75, 3.05) is 13.7 Å². The lowest BCUT2D eigenvalue weighted by molar-refractivity contribution is -0.141. The van der Waals surface area contributed by atoms with Crippen LogP contribution in [0.2, 0.25) is 0 Å². The lowest BCUT2D eigenvalue weighted by atomic mass is 10.1. The Morgan fingerprint density at radius 3 is 2.47 bits per heavy atom. The normalized spacial score (nSPS) is 17.5. The Kier molecular flexibility index (Phi) is 7.90. The summed E-state index contributed by atoms with van der Waals surface area (Å²) in [6.45, 7) is 1.85. The van der Waals surface area contributed by atoms with Crippen molar-refractivity contribution < 1.29 is 33.8 Å². The molecule has 1 aromatic rings. The highest BCUT2D eigenvalue weighted by molar-refractivity contribution is 5.98. The fraction of sp³-hybridized carbons (Fsp3) is 0.450. The van der Waals surface area contributed by atoms with Crippen molar-refractivity contribution in [3.05, 3.63) is 29.8 Å². The fourth-order valence-corrected chi connectivity index (χ4v) is 3.24. The maximum Gasteiger partial charge on any atom is 0.305 e. The highest BCUT2D eigenvalue weighted by atomic mass is 16.5. The van der Waals surface area contributed by atoms with E-state index >= 15 is 0 Å². The molecule has 3 atom stereocenters. The number of likely N-dealkylation sites (tertiary alicyclic amines) is 1. The minimum atomic E-state index is -1.22. The van der Waals surface area contributed by atoms with E-state index in [1.165, 1.54) is 18.9 Å². The van der Waals surface area contributed by atoms with Gasteiger partial charge in [0.1, 0.15) is 24.1 Å². The van der Waals surface area contributed by atoms with Crippen LogP contribution in [0.5, 0.6) is 5.75 Å². The van der Waals surface area contributed by atoms with Gasteiger partial charge in [0, 0.05) is 12.1 Å². The topological polar surface area (TPSA) is 142 Å². The first-order valence-corrected chi connectivity index (χ1v) is 9.49. The number of rotatable bonds is 9. The molecule has 0 radical (unpaired) electrons. The van der Waals surface area contributed by atoms with Crippen molar-refractivity contribution in [2.24, 2.45) is 0 Å². The van der Waals surface area contributed by atoms with Crippen LogP contribution in [-0.4, -0.2) is 71.8 Å². The van der Waals surface area contributed by atoms with Gasteiger partial charge in [-0.2, -0.15) is 0 Å². The van der Waals surface area contributed by atoms with Gasteiger partial charge in [-0.15, -0.1) is 0 Å². The van der Waals surface area contributed by atoms with Gasteiger partial charge in [0.15, 0.2) is 0 Å². The van der Waals surface area contributed by atoms with Crippen molar-refractivity contribution in [2.45, 2.75) is 44.3 Å². The quantitative estimate of drug-likeness (QED) is 0.477. The van der Waals surface area contributed by atoms with Crippen LogP contribution in [0.15, 0.2) is 24.3 Å². The molecule has 1 aliphatic rings. The van der Waals surface area contributed by atoms with Gasteiger partial charge >= 0.3 is 5.97 Å². The Morgan fingerprint density at radius 1 is 1.23 bits per heavy atom. The predicted octanol–water partition coefficient (Wildman–Crippen LogP) is -0.0371. The summed E-state index contributed by atoms with van der Waals surface area (Å²) in [6, 6.07) is 3.52. The molecule has 1 heterocycles. The summed E-state index contributed by atoms with van der Waals surface area (Å²) >= 11 is 0. The monoisotopic (exact) mass is 419 g/mol. The largest absolute Gasteiger partial charge is 0.497 e.